The second-order valence-corrected chi connectivity index (χ2v) is 10.1. The summed E-state index contributed by atoms with van der Waals surface area (Å²) in [5, 5.41) is 16.8. The number of aromatic hydroxyl groups is 1. The van der Waals surface area contributed by atoms with Gasteiger partial charge in [-0.2, -0.15) is 5.10 Å². The van der Waals surface area contributed by atoms with Crippen molar-refractivity contribution >= 4 is 15.7 Å². The van der Waals surface area contributed by atoms with Crippen molar-refractivity contribution < 1.29 is 22.7 Å². The lowest BCUT2D eigenvalue weighted by Gasteiger charge is -2.26. The molecular weight excluding hydrogens is 443 g/mol. The van der Waals surface area contributed by atoms with Crippen LogP contribution >= 0.6 is 0 Å². The summed E-state index contributed by atoms with van der Waals surface area (Å²) in [5.74, 6) is -2.46. The zero-order chi connectivity index (χ0) is 22.7. The number of nitrogens with zero attached hydrogens (tertiary/aromatic N) is 5. The number of carbonyl (C=O) groups excluding carboxylic acids is 1. The molecule has 3 aromatic rings. The average molecular weight is 460 g/mol. The van der Waals surface area contributed by atoms with Gasteiger partial charge in [0.1, 0.15) is 29.0 Å². The number of amides is 1. The van der Waals surface area contributed by atoms with Gasteiger partial charge in [-0.05, 0) is 30.5 Å². The Hall–Kier alpha value is -3.61. The first-order chi connectivity index (χ1) is 15.2. The van der Waals surface area contributed by atoms with Crippen LogP contribution in [0.1, 0.15) is 34.7 Å². The van der Waals surface area contributed by atoms with Gasteiger partial charge >= 0.3 is 0 Å². The number of halogens is 1. The molecule has 0 radical (unpaired) electrons. The molecule has 1 spiro atoms. The Kier molecular flexibility index (Phi) is 4.41. The van der Waals surface area contributed by atoms with E-state index in [2.05, 4.69) is 20.4 Å². The first kappa shape index (κ1) is 20.3. The fourth-order valence-corrected chi connectivity index (χ4v) is 5.92. The Labute approximate surface area is 180 Å². The van der Waals surface area contributed by atoms with E-state index in [1.54, 1.807) is 0 Å². The van der Waals surface area contributed by atoms with E-state index in [4.69, 9.17) is 0 Å². The third-order valence-electron chi connectivity index (χ3n) is 5.80. The summed E-state index contributed by atoms with van der Waals surface area (Å²) in [4.78, 5) is 33.4. The SMILES string of the molecule is O=C(NCc1ccc(F)cc1-n1cncn1)c1nc2n(c(=O)c1O)CCS(=O)(=O)C21CC1. The Bertz CT molecular complexity index is 1410. The molecule has 3 heterocycles. The van der Waals surface area contributed by atoms with Crippen LogP contribution in [0.2, 0.25) is 0 Å². The Morgan fingerprint density at radius 2 is 2.09 bits per heavy atom. The molecule has 1 amide bonds. The van der Waals surface area contributed by atoms with Crippen LogP contribution in [-0.2, 0) is 27.7 Å². The fourth-order valence-electron chi connectivity index (χ4n) is 3.94. The Morgan fingerprint density at radius 1 is 1.31 bits per heavy atom. The normalized spacial score (nSPS) is 17.7. The molecule has 11 nitrogen and oxygen atoms in total. The maximum absolute atomic E-state index is 13.7. The lowest BCUT2D eigenvalue weighted by molar-refractivity contribution is 0.0941. The molecule has 1 fully saturated rings. The van der Waals surface area contributed by atoms with Crippen molar-refractivity contribution in [3.05, 3.63) is 64.1 Å². The van der Waals surface area contributed by atoms with Gasteiger partial charge in [0.25, 0.3) is 11.5 Å². The van der Waals surface area contributed by atoms with Gasteiger partial charge in [0, 0.05) is 13.1 Å². The van der Waals surface area contributed by atoms with Crippen LogP contribution < -0.4 is 10.9 Å². The number of aromatic nitrogens is 5. The number of fused-ring (bicyclic) bond motifs is 2. The maximum atomic E-state index is 13.7. The highest BCUT2D eigenvalue weighted by atomic mass is 32.2. The highest BCUT2D eigenvalue weighted by Crippen LogP contribution is 2.53. The van der Waals surface area contributed by atoms with Crippen LogP contribution in [0.15, 0.2) is 35.6 Å². The molecule has 0 atom stereocenters. The molecule has 5 rings (SSSR count). The molecular formula is C19H17FN6O5S. The molecule has 166 valence electrons. The Morgan fingerprint density at radius 3 is 2.78 bits per heavy atom. The highest BCUT2D eigenvalue weighted by Gasteiger charge is 2.60. The van der Waals surface area contributed by atoms with Gasteiger partial charge in [-0.25, -0.2) is 27.5 Å². The molecule has 1 aliphatic heterocycles. The van der Waals surface area contributed by atoms with Crippen LogP contribution in [0, 0.1) is 5.82 Å². The molecule has 2 N–H and O–H groups in total. The third kappa shape index (κ3) is 2.99. The minimum Gasteiger partial charge on any atom is -0.501 e. The summed E-state index contributed by atoms with van der Waals surface area (Å²) in [5.41, 5.74) is -0.574. The van der Waals surface area contributed by atoms with Gasteiger partial charge in [0.2, 0.25) is 5.75 Å². The second kappa shape index (κ2) is 6.95. The number of carbonyl (C=O) groups is 1. The molecule has 0 unspecified atom stereocenters. The standard InChI is InChI=1S/C19H17FN6O5S/c20-12-2-1-11(13(7-12)26-10-21-9-23-26)8-22-16(28)14-15(27)17(29)25-5-6-32(30,31)19(3-4-19)18(25)24-14/h1-2,7,9-10,27H,3-6,8H2,(H,22,28). The predicted molar refractivity (Wildman–Crippen MR) is 107 cm³/mol. The first-order valence-electron chi connectivity index (χ1n) is 9.72. The van der Waals surface area contributed by atoms with E-state index >= 15 is 0 Å². The summed E-state index contributed by atoms with van der Waals surface area (Å²) in [6.07, 6.45) is 3.26. The highest BCUT2D eigenvalue weighted by molar-refractivity contribution is 7.92. The number of rotatable bonds is 4. The number of sulfone groups is 1. The average Bonchev–Trinajstić information content (AvgIpc) is 3.39. The molecule has 1 aromatic carbocycles. The van der Waals surface area contributed by atoms with E-state index in [1.807, 2.05) is 0 Å². The summed E-state index contributed by atoms with van der Waals surface area (Å²) < 4.78 is 40.0. The van der Waals surface area contributed by atoms with E-state index in [0.29, 0.717) is 24.1 Å². The van der Waals surface area contributed by atoms with Crippen LogP contribution in [0.5, 0.6) is 5.75 Å². The number of nitrogens with one attached hydrogen (secondary N) is 1. The predicted octanol–water partition coefficient (Wildman–Crippen LogP) is 0.0162. The summed E-state index contributed by atoms with van der Waals surface area (Å²) in [6.45, 7) is -0.227. The van der Waals surface area contributed by atoms with Crippen LogP contribution in [-0.4, -0.2) is 49.5 Å². The van der Waals surface area contributed by atoms with E-state index in [-0.39, 0.29) is 24.7 Å². The smallest absolute Gasteiger partial charge is 0.296 e. The van der Waals surface area contributed by atoms with Crippen LogP contribution in [0.3, 0.4) is 0 Å². The second-order valence-electron chi connectivity index (χ2n) is 7.70. The van der Waals surface area contributed by atoms with Gasteiger partial charge < -0.3 is 10.4 Å². The van der Waals surface area contributed by atoms with Crippen molar-refractivity contribution in [3.63, 3.8) is 0 Å². The quantitative estimate of drug-likeness (QED) is 0.553. The Balaban J connectivity index is 1.47. The summed E-state index contributed by atoms with van der Waals surface area (Å²) in [6, 6.07) is 3.89. The minimum atomic E-state index is -3.51. The number of hydrogen-bond acceptors (Lipinski definition) is 8. The molecule has 13 heteroatoms. The van der Waals surface area contributed by atoms with Crippen molar-refractivity contribution in [3.8, 4) is 11.4 Å². The third-order valence-corrected chi connectivity index (χ3v) is 8.30. The zero-order valence-electron chi connectivity index (χ0n) is 16.5. The summed E-state index contributed by atoms with van der Waals surface area (Å²) in [7, 11) is -3.51. The molecule has 2 aliphatic rings. The minimum absolute atomic E-state index is 0.0122. The van der Waals surface area contributed by atoms with Crippen molar-refractivity contribution in [2.24, 2.45) is 0 Å². The van der Waals surface area contributed by atoms with Crippen molar-refractivity contribution in [2.75, 3.05) is 5.75 Å². The van der Waals surface area contributed by atoms with Gasteiger partial charge in [-0.1, -0.05) is 6.07 Å². The molecule has 2 aromatic heterocycles. The monoisotopic (exact) mass is 460 g/mol. The van der Waals surface area contributed by atoms with E-state index < -0.39 is 43.3 Å². The largest absolute Gasteiger partial charge is 0.501 e. The molecule has 32 heavy (non-hydrogen) atoms. The van der Waals surface area contributed by atoms with E-state index in [9.17, 15) is 27.5 Å². The van der Waals surface area contributed by atoms with Gasteiger partial charge in [-0.15, -0.1) is 0 Å². The number of hydrogen-bond donors (Lipinski definition) is 2. The topological polar surface area (TPSA) is 149 Å². The van der Waals surface area contributed by atoms with Gasteiger partial charge in [0.05, 0.1) is 11.4 Å². The van der Waals surface area contributed by atoms with Crippen molar-refractivity contribution in [1.29, 1.82) is 0 Å². The van der Waals surface area contributed by atoms with Crippen LogP contribution in [0.4, 0.5) is 4.39 Å². The lowest BCUT2D eigenvalue weighted by atomic mass is 10.1. The van der Waals surface area contributed by atoms with Crippen molar-refractivity contribution in [2.45, 2.75) is 30.7 Å². The zero-order valence-corrected chi connectivity index (χ0v) is 17.3. The first-order valence-corrected chi connectivity index (χ1v) is 11.4. The van der Waals surface area contributed by atoms with Crippen molar-refractivity contribution in [1.82, 2.24) is 29.6 Å². The lowest BCUT2D eigenvalue weighted by Crippen LogP contribution is -2.42. The van der Waals surface area contributed by atoms with Gasteiger partial charge in [0.15, 0.2) is 15.5 Å². The van der Waals surface area contributed by atoms with E-state index in [1.165, 1.54) is 35.5 Å². The molecule has 0 saturated heterocycles. The number of benzene rings is 1. The molecule has 1 saturated carbocycles. The van der Waals surface area contributed by atoms with Crippen LogP contribution in [0.25, 0.3) is 5.69 Å². The van der Waals surface area contributed by atoms with Gasteiger partial charge in [-0.3, -0.25) is 14.2 Å². The maximum Gasteiger partial charge on any atom is 0.296 e. The van der Waals surface area contributed by atoms with E-state index in [0.717, 1.165) is 4.57 Å². The fraction of sp³-hybridized carbons (Fsp3) is 0.316. The molecule has 0 bridgehead atoms. The summed E-state index contributed by atoms with van der Waals surface area (Å²) >= 11 is 0. The molecule has 1 aliphatic carbocycles.